The fraction of sp³-hybridized carbons (Fsp3) is 0.636. The molecule has 4 N–H and O–H groups in total. The van der Waals surface area contributed by atoms with E-state index in [1.807, 2.05) is 0 Å². The summed E-state index contributed by atoms with van der Waals surface area (Å²) in [5.74, 6) is 1.27. The lowest BCUT2D eigenvalue weighted by molar-refractivity contribution is -0.129. The molecule has 27 heavy (non-hydrogen) atoms. The van der Waals surface area contributed by atoms with Crippen LogP contribution in [0.25, 0.3) is 0 Å². The molecule has 1 aliphatic rings. The molecule has 5 heteroatoms. The average Bonchev–Trinajstić information content (AvgIpc) is 2.62. The van der Waals surface area contributed by atoms with Gasteiger partial charge in [0.15, 0.2) is 0 Å². The first-order valence-electron chi connectivity index (χ1n) is 9.99. The third kappa shape index (κ3) is 6.98. The number of carbonyl (C=O) groups excluding carboxylic acids is 2. The fourth-order valence-electron chi connectivity index (χ4n) is 3.86. The molecule has 0 saturated heterocycles. The molecule has 0 aromatic carbocycles. The smallest absolute Gasteiger partial charge is 0.237 e. The molecule has 0 aromatic rings. The zero-order valence-electron chi connectivity index (χ0n) is 17.3. The van der Waals surface area contributed by atoms with Gasteiger partial charge in [-0.25, -0.2) is 0 Å². The van der Waals surface area contributed by atoms with Gasteiger partial charge in [0.1, 0.15) is 0 Å². The van der Waals surface area contributed by atoms with Crippen molar-refractivity contribution in [2.45, 2.75) is 59.0 Å². The van der Waals surface area contributed by atoms with Crippen LogP contribution in [0.15, 0.2) is 37.0 Å². The van der Waals surface area contributed by atoms with Gasteiger partial charge >= 0.3 is 0 Å². The van der Waals surface area contributed by atoms with Crippen molar-refractivity contribution in [1.29, 1.82) is 0 Å². The second kappa shape index (κ2) is 11.1. The number of amides is 2. The lowest BCUT2D eigenvalue weighted by Gasteiger charge is -2.36. The highest BCUT2D eigenvalue weighted by molar-refractivity contribution is 5.82. The number of nitrogens with one attached hydrogen (secondary N) is 2. The van der Waals surface area contributed by atoms with Gasteiger partial charge in [-0.05, 0) is 43.1 Å². The molecular formula is C22H37N3O2. The van der Waals surface area contributed by atoms with E-state index in [4.69, 9.17) is 5.73 Å². The average molecular weight is 376 g/mol. The summed E-state index contributed by atoms with van der Waals surface area (Å²) in [7, 11) is 0. The van der Waals surface area contributed by atoms with E-state index in [1.54, 1.807) is 25.2 Å². The van der Waals surface area contributed by atoms with Crippen molar-refractivity contribution in [1.82, 2.24) is 10.6 Å². The lowest BCUT2D eigenvalue weighted by atomic mass is 9.70. The molecule has 3 unspecified atom stereocenters. The number of hydrogen-bond acceptors (Lipinski definition) is 3. The van der Waals surface area contributed by atoms with Crippen LogP contribution in [-0.4, -0.2) is 30.4 Å². The second-order valence-electron chi connectivity index (χ2n) is 8.13. The molecule has 5 nitrogen and oxygen atoms in total. The van der Waals surface area contributed by atoms with Gasteiger partial charge in [0.2, 0.25) is 11.8 Å². The number of hydrogen-bond donors (Lipinski definition) is 3. The van der Waals surface area contributed by atoms with E-state index in [-0.39, 0.29) is 23.8 Å². The van der Waals surface area contributed by atoms with E-state index in [0.717, 1.165) is 18.4 Å². The molecule has 2 amide bonds. The van der Waals surface area contributed by atoms with E-state index < -0.39 is 6.04 Å². The monoisotopic (exact) mass is 375 g/mol. The van der Waals surface area contributed by atoms with Crippen molar-refractivity contribution < 1.29 is 9.59 Å². The predicted octanol–water partition coefficient (Wildman–Crippen LogP) is 2.94. The first kappa shape index (κ1) is 23.2. The van der Waals surface area contributed by atoms with Crippen molar-refractivity contribution in [2.75, 3.05) is 6.54 Å². The zero-order chi connectivity index (χ0) is 20.6. The van der Waals surface area contributed by atoms with E-state index in [0.29, 0.717) is 24.3 Å². The molecule has 0 aliphatic heterocycles. The fourth-order valence-corrected chi connectivity index (χ4v) is 3.86. The molecule has 1 aliphatic carbocycles. The Morgan fingerprint density at radius 1 is 1.22 bits per heavy atom. The number of nitrogens with two attached hydrogens (primary N) is 1. The summed E-state index contributed by atoms with van der Waals surface area (Å²) in [6, 6.07) is -1.01. The zero-order valence-corrected chi connectivity index (χ0v) is 17.3. The first-order valence-corrected chi connectivity index (χ1v) is 9.99. The van der Waals surface area contributed by atoms with Crippen LogP contribution in [0.4, 0.5) is 0 Å². The van der Waals surface area contributed by atoms with Crippen LogP contribution in [0.1, 0.15) is 47.0 Å². The summed E-state index contributed by atoms with van der Waals surface area (Å²) in [5.41, 5.74) is 6.46. The maximum atomic E-state index is 12.9. The molecule has 152 valence electrons. The van der Waals surface area contributed by atoms with Crippen molar-refractivity contribution in [3.63, 3.8) is 0 Å². The Kier molecular flexibility index (Phi) is 9.50. The van der Waals surface area contributed by atoms with E-state index >= 15 is 0 Å². The van der Waals surface area contributed by atoms with Gasteiger partial charge in [0.05, 0.1) is 12.1 Å². The molecule has 0 spiro atoms. The maximum Gasteiger partial charge on any atom is 0.237 e. The summed E-state index contributed by atoms with van der Waals surface area (Å²) in [6.07, 6.45) is 8.28. The Balaban J connectivity index is 2.86. The van der Waals surface area contributed by atoms with Gasteiger partial charge in [-0.2, -0.15) is 0 Å². The highest BCUT2D eigenvalue weighted by atomic mass is 16.2. The Hall–Kier alpha value is -1.88. The molecule has 0 radical (unpaired) electrons. The van der Waals surface area contributed by atoms with Crippen molar-refractivity contribution in [3.05, 3.63) is 37.0 Å². The summed E-state index contributed by atoms with van der Waals surface area (Å²) < 4.78 is 0. The van der Waals surface area contributed by atoms with Gasteiger partial charge in [0.25, 0.3) is 0 Å². The topological polar surface area (TPSA) is 84.2 Å². The highest BCUT2D eigenvalue weighted by Gasteiger charge is 2.35. The molecule has 0 aromatic heterocycles. The minimum atomic E-state index is -0.623. The van der Waals surface area contributed by atoms with Crippen LogP contribution in [0.3, 0.4) is 0 Å². The largest absolute Gasteiger partial charge is 0.353 e. The third-order valence-corrected chi connectivity index (χ3v) is 5.52. The number of allylic oxidation sites excluding steroid dienone is 2. The Morgan fingerprint density at radius 3 is 2.41 bits per heavy atom. The first-order chi connectivity index (χ1) is 12.7. The van der Waals surface area contributed by atoms with Crippen LogP contribution >= 0.6 is 0 Å². The van der Waals surface area contributed by atoms with E-state index in [2.05, 4.69) is 44.6 Å². The van der Waals surface area contributed by atoms with Gasteiger partial charge in [-0.15, -0.1) is 0 Å². The third-order valence-electron chi connectivity index (χ3n) is 5.52. The normalized spacial score (nSPS) is 25.4. The predicted molar refractivity (Wildman–Crippen MR) is 112 cm³/mol. The van der Waals surface area contributed by atoms with Gasteiger partial charge in [-0.1, -0.05) is 58.6 Å². The SMILES string of the molecule is C=C/C=C(\C=C)C(CNC(=O)C1CC(C)CC[C@H]1C(C)C)NC(=O)[C@H](C)N. The van der Waals surface area contributed by atoms with Crippen LogP contribution in [-0.2, 0) is 9.59 Å². The minimum absolute atomic E-state index is 0.0223. The number of carbonyl (C=O) groups is 2. The van der Waals surface area contributed by atoms with Crippen LogP contribution in [0.2, 0.25) is 0 Å². The molecule has 0 heterocycles. The van der Waals surface area contributed by atoms with Crippen LogP contribution < -0.4 is 16.4 Å². The minimum Gasteiger partial charge on any atom is -0.353 e. The van der Waals surface area contributed by atoms with Crippen LogP contribution in [0, 0.1) is 23.7 Å². The van der Waals surface area contributed by atoms with Gasteiger partial charge < -0.3 is 16.4 Å². The molecule has 1 saturated carbocycles. The summed E-state index contributed by atoms with van der Waals surface area (Å²) in [5, 5.41) is 5.95. The van der Waals surface area contributed by atoms with E-state index in [9.17, 15) is 9.59 Å². The second-order valence-corrected chi connectivity index (χ2v) is 8.13. The molecule has 5 atom stereocenters. The number of rotatable bonds is 9. The highest BCUT2D eigenvalue weighted by Crippen LogP contribution is 2.38. The summed E-state index contributed by atoms with van der Waals surface area (Å²) in [4.78, 5) is 25.0. The Morgan fingerprint density at radius 2 is 1.89 bits per heavy atom. The maximum absolute atomic E-state index is 12.9. The van der Waals surface area contributed by atoms with Gasteiger partial charge in [-0.3, -0.25) is 9.59 Å². The van der Waals surface area contributed by atoms with Crippen molar-refractivity contribution in [2.24, 2.45) is 29.4 Å². The molecule has 1 rings (SSSR count). The Labute approximate surface area is 164 Å². The van der Waals surface area contributed by atoms with Crippen LogP contribution in [0.5, 0.6) is 0 Å². The summed E-state index contributed by atoms with van der Waals surface area (Å²) >= 11 is 0. The lowest BCUT2D eigenvalue weighted by Crippen LogP contribution is -2.50. The summed E-state index contributed by atoms with van der Waals surface area (Å²) in [6.45, 7) is 16.0. The molecule has 0 bridgehead atoms. The van der Waals surface area contributed by atoms with Crippen molar-refractivity contribution in [3.8, 4) is 0 Å². The molecule has 1 fully saturated rings. The standard InChI is InChI=1S/C22H37N3O2/c1-7-9-17(8-2)20(25-21(26)16(6)23)13-24-22(27)19-12-15(5)10-11-18(19)14(3)4/h7-9,14-16,18-20H,1-2,10-13,23H2,3-6H3,(H,24,27)(H,25,26)/b17-9+/t15?,16-,18-,19?,20?/m0/s1. The van der Waals surface area contributed by atoms with Gasteiger partial charge in [0, 0.05) is 12.5 Å². The molecular weight excluding hydrogens is 338 g/mol. The quantitative estimate of drug-likeness (QED) is 0.542. The Bertz CT molecular complexity index is 566. The van der Waals surface area contributed by atoms with Crippen molar-refractivity contribution >= 4 is 11.8 Å². The van der Waals surface area contributed by atoms with E-state index in [1.165, 1.54) is 6.42 Å².